The number of carbonyl (C=O) groups excluding carboxylic acids is 3. The molecule has 2 heterocycles. The van der Waals surface area contributed by atoms with Crippen molar-refractivity contribution in [1.82, 2.24) is 10.2 Å². The molecule has 3 aromatic rings. The van der Waals surface area contributed by atoms with Gasteiger partial charge in [0, 0.05) is 42.6 Å². The second-order valence-electron chi connectivity index (χ2n) is 12.3. The third-order valence-electron chi connectivity index (χ3n) is 7.88. The number of nitrogens with zero attached hydrogens (tertiary/aromatic N) is 1. The molecule has 3 atom stereocenters. The van der Waals surface area contributed by atoms with E-state index < -0.39 is 17.3 Å². The highest BCUT2D eigenvalue weighted by molar-refractivity contribution is 6.31. The van der Waals surface area contributed by atoms with Crippen LogP contribution in [0.3, 0.4) is 0 Å². The maximum absolute atomic E-state index is 15.0. The highest BCUT2D eigenvalue weighted by Crippen LogP contribution is 2.50. The van der Waals surface area contributed by atoms with E-state index in [1.165, 1.54) is 11.0 Å². The van der Waals surface area contributed by atoms with Crippen LogP contribution >= 0.6 is 11.6 Å². The summed E-state index contributed by atoms with van der Waals surface area (Å²) < 4.78 is 15.0. The Hall–Kier alpha value is -3.75. The molecule has 0 radical (unpaired) electrons. The Kier molecular flexibility index (Phi) is 7.42. The molecule has 3 unspecified atom stereocenters. The minimum Gasteiger partial charge on any atom is -0.345 e. The van der Waals surface area contributed by atoms with Crippen molar-refractivity contribution in [2.45, 2.75) is 51.1 Å². The maximum Gasteiger partial charge on any atom is 0.253 e. The smallest absolute Gasteiger partial charge is 0.253 e. The van der Waals surface area contributed by atoms with E-state index in [1.807, 2.05) is 6.07 Å². The van der Waals surface area contributed by atoms with Crippen molar-refractivity contribution in [1.29, 1.82) is 0 Å². The van der Waals surface area contributed by atoms with Gasteiger partial charge in [0.2, 0.25) is 11.8 Å². The van der Waals surface area contributed by atoms with Crippen molar-refractivity contribution in [2.24, 2.45) is 5.41 Å². The molecule has 0 aromatic heterocycles. The van der Waals surface area contributed by atoms with Crippen LogP contribution < -0.4 is 16.0 Å². The summed E-state index contributed by atoms with van der Waals surface area (Å²) in [7, 11) is 3.36. The van der Waals surface area contributed by atoms with Crippen molar-refractivity contribution in [2.75, 3.05) is 24.7 Å². The summed E-state index contributed by atoms with van der Waals surface area (Å²) in [6.45, 7) is 6.29. The molecule has 7 nitrogen and oxygen atoms in total. The summed E-state index contributed by atoms with van der Waals surface area (Å²) >= 11 is 6.06. The molecule has 3 aromatic carbocycles. The first-order valence-corrected chi connectivity index (χ1v) is 14.0. The maximum atomic E-state index is 15.0. The number of nitrogens with one attached hydrogen (secondary N) is 3. The van der Waals surface area contributed by atoms with Crippen LogP contribution in [-0.2, 0) is 15.0 Å². The molecule has 41 heavy (non-hydrogen) atoms. The molecule has 0 saturated carbocycles. The van der Waals surface area contributed by atoms with E-state index in [2.05, 4.69) is 36.7 Å². The second-order valence-corrected chi connectivity index (χ2v) is 12.7. The van der Waals surface area contributed by atoms with Gasteiger partial charge >= 0.3 is 0 Å². The first kappa shape index (κ1) is 28.8. The van der Waals surface area contributed by atoms with Crippen molar-refractivity contribution in [3.05, 3.63) is 82.6 Å². The van der Waals surface area contributed by atoms with Crippen LogP contribution in [0.25, 0.3) is 11.1 Å². The van der Waals surface area contributed by atoms with Crippen molar-refractivity contribution in [3.8, 4) is 11.1 Å². The van der Waals surface area contributed by atoms with Crippen LogP contribution in [0.2, 0.25) is 5.02 Å². The largest absolute Gasteiger partial charge is 0.345 e. The fraction of sp³-hybridized carbons (Fsp3) is 0.344. The van der Waals surface area contributed by atoms with Gasteiger partial charge in [0.15, 0.2) is 0 Å². The summed E-state index contributed by atoms with van der Waals surface area (Å²) in [6.07, 6.45) is 0.859. The molecule has 2 aliphatic rings. The van der Waals surface area contributed by atoms with Crippen LogP contribution in [0.5, 0.6) is 0 Å². The number of rotatable bonds is 5. The van der Waals surface area contributed by atoms with Gasteiger partial charge in [-0.15, -0.1) is 0 Å². The lowest BCUT2D eigenvalue weighted by Crippen LogP contribution is -2.48. The predicted molar refractivity (Wildman–Crippen MR) is 160 cm³/mol. The van der Waals surface area contributed by atoms with Gasteiger partial charge in [-0.1, -0.05) is 50.6 Å². The van der Waals surface area contributed by atoms with Gasteiger partial charge in [0.25, 0.3) is 5.91 Å². The van der Waals surface area contributed by atoms with E-state index >= 15 is 0 Å². The van der Waals surface area contributed by atoms with E-state index in [-0.39, 0.29) is 40.6 Å². The molecule has 1 saturated heterocycles. The van der Waals surface area contributed by atoms with Crippen LogP contribution in [0, 0.1) is 11.2 Å². The zero-order chi connectivity index (χ0) is 29.7. The van der Waals surface area contributed by atoms with Gasteiger partial charge in [-0.25, -0.2) is 4.39 Å². The first-order valence-electron chi connectivity index (χ1n) is 13.6. The standard InChI is InChI=1S/C32H34ClFN4O3/c1-31(2,3)17-26-32(16-25(36-26)28(39)35-20-12-9-18(10-13-20)29(40)38(4)5)22-15-19(11-14-24(22)37-30(32)41)21-7-6-8-23(33)27(21)34/h6-15,25-26,36H,16-17H2,1-5H3,(H,35,39)(H,37,41). The number of hydrogen-bond acceptors (Lipinski definition) is 4. The molecule has 1 fully saturated rings. The number of benzene rings is 3. The van der Waals surface area contributed by atoms with Crippen LogP contribution in [-0.4, -0.2) is 48.8 Å². The molecule has 5 rings (SSSR count). The Morgan fingerprint density at radius 2 is 1.80 bits per heavy atom. The molecule has 0 bridgehead atoms. The Morgan fingerprint density at radius 1 is 1.10 bits per heavy atom. The van der Waals surface area contributed by atoms with Gasteiger partial charge < -0.3 is 20.9 Å². The van der Waals surface area contributed by atoms with E-state index in [4.69, 9.17) is 11.6 Å². The van der Waals surface area contributed by atoms with Gasteiger partial charge in [0.1, 0.15) is 5.82 Å². The molecule has 0 aliphatic carbocycles. The highest BCUT2D eigenvalue weighted by atomic mass is 35.5. The number of halogens is 2. The van der Waals surface area contributed by atoms with Crippen molar-refractivity contribution < 1.29 is 18.8 Å². The Labute approximate surface area is 244 Å². The number of amides is 3. The van der Waals surface area contributed by atoms with E-state index in [0.717, 1.165) is 5.56 Å². The molecule has 3 amide bonds. The molecular formula is C32H34ClFN4O3. The molecule has 1 spiro atoms. The van der Waals surface area contributed by atoms with Gasteiger partial charge in [-0.2, -0.15) is 0 Å². The number of fused-ring (bicyclic) bond motifs is 2. The lowest BCUT2D eigenvalue weighted by atomic mass is 9.69. The fourth-order valence-electron chi connectivity index (χ4n) is 5.93. The monoisotopic (exact) mass is 576 g/mol. The average molecular weight is 577 g/mol. The number of anilines is 2. The van der Waals surface area contributed by atoms with E-state index in [1.54, 1.807) is 62.6 Å². The van der Waals surface area contributed by atoms with E-state index in [0.29, 0.717) is 34.5 Å². The lowest BCUT2D eigenvalue weighted by molar-refractivity contribution is -0.121. The summed E-state index contributed by atoms with van der Waals surface area (Å²) in [4.78, 5) is 41.0. The van der Waals surface area contributed by atoms with Gasteiger partial charge in [-0.3, -0.25) is 14.4 Å². The summed E-state index contributed by atoms with van der Waals surface area (Å²) in [6, 6.07) is 16.0. The molecule has 3 N–H and O–H groups in total. The lowest BCUT2D eigenvalue weighted by Gasteiger charge is -2.33. The highest BCUT2D eigenvalue weighted by Gasteiger charge is 2.59. The van der Waals surface area contributed by atoms with Crippen LogP contribution in [0.15, 0.2) is 60.7 Å². The zero-order valence-electron chi connectivity index (χ0n) is 23.8. The normalized spacial score (nSPS) is 21.5. The minimum absolute atomic E-state index is 0.0240. The van der Waals surface area contributed by atoms with Crippen LogP contribution in [0.1, 0.15) is 49.5 Å². The van der Waals surface area contributed by atoms with E-state index in [9.17, 15) is 18.8 Å². The summed E-state index contributed by atoms with van der Waals surface area (Å²) in [5.41, 5.74) is 2.24. The number of hydrogen-bond donors (Lipinski definition) is 3. The SMILES string of the molecule is CN(C)C(=O)c1ccc(NC(=O)C2CC3(C(=O)Nc4ccc(-c5cccc(Cl)c5F)cc43)C(CC(C)(C)C)N2)cc1. The fourth-order valence-corrected chi connectivity index (χ4v) is 6.10. The summed E-state index contributed by atoms with van der Waals surface area (Å²) in [5.74, 6) is -1.10. The van der Waals surface area contributed by atoms with Crippen molar-refractivity contribution in [3.63, 3.8) is 0 Å². The Balaban J connectivity index is 1.48. The second kappa shape index (κ2) is 10.6. The quantitative estimate of drug-likeness (QED) is 0.356. The molecular weight excluding hydrogens is 543 g/mol. The molecule has 9 heteroatoms. The predicted octanol–water partition coefficient (Wildman–Crippen LogP) is 5.84. The molecule has 2 aliphatic heterocycles. The first-order chi connectivity index (χ1) is 19.3. The topological polar surface area (TPSA) is 90.5 Å². The third kappa shape index (κ3) is 5.34. The number of carbonyl (C=O) groups is 3. The molecule has 214 valence electrons. The van der Waals surface area contributed by atoms with Gasteiger partial charge in [0.05, 0.1) is 16.5 Å². The third-order valence-corrected chi connectivity index (χ3v) is 8.17. The zero-order valence-corrected chi connectivity index (χ0v) is 24.5. The Morgan fingerprint density at radius 3 is 2.46 bits per heavy atom. The minimum atomic E-state index is -1.03. The van der Waals surface area contributed by atoms with Crippen molar-refractivity contribution >= 4 is 40.7 Å². The van der Waals surface area contributed by atoms with Gasteiger partial charge in [-0.05, 0) is 71.8 Å². The van der Waals surface area contributed by atoms with Crippen LogP contribution in [0.4, 0.5) is 15.8 Å². The summed E-state index contributed by atoms with van der Waals surface area (Å²) in [5, 5.41) is 9.45. The average Bonchev–Trinajstić information content (AvgIpc) is 3.42. The Bertz CT molecular complexity index is 1530.